The van der Waals surface area contributed by atoms with Crippen LogP contribution in [0.3, 0.4) is 0 Å². The van der Waals surface area contributed by atoms with Crippen molar-refractivity contribution in [1.82, 2.24) is 9.47 Å². The van der Waals surface area contributed by atoms with Gasteiger partial charge in [-0.2, -0.15) is 0 Å². The minimum absolute atomic E-state index is 0.0169. The van der Waals surface area contributed by atoms with Gasteiger partial charge < -0.3 is 28.6 Å². The molecule has 1 amide bonds. The number of fused-ring (bicyclic) bond motifs is 1. The van der Waals surface area contributed by atoms with Gasteiger partial charge in [0.15, 0.2) is 17.3 Å². The molecule has 0 aliphatic carbocycles. The maximum absolute atomic E-state index is 12.9. The van der Waals surface area contributed by atoms with Crippen LogP contribution in [0.25, 0.3) is 16.6 Å². The highest BCUT2D eigenvalue weighted by molar-refractivity contribution is 6.00. The number of benzene rings is 3. The first-order chi connectivity index (χ1) is 18.9. The number of ether oxygens (including phenoxy) is 3. The summed E-state index contributed by atoms with van der Waals surface area (Å²) in [5, 5.41) is 0.999. The molecule has 1 aliphatic rings. The maximum atomic E-state index is 12.9. The molecule has 3 aromatic carbocycles. The van der Waals surface area contributed by atoms with E-state index in [-0.39, 0.29) is 18.5 Å². The predicted molar refractivity (Wildman–Crippen MR) is 152 cm³/mol. The molecule has 0 saturated carbocycles. The van der Waals surface area contributed by atoms with Crippen LogP contribution in [0.15, 0.2) is 66.7 Å². The van der Waals surface area contributed by atoms with Gasteiger partial charge in [0.25, 0.3) is 0 Å². The highest BCUT2D eigenvalue weighted by atomic mass is 16.6. The molecule has 8 heteroatoms. The summed E-state index contributed by atoms with van der Waals surface area (Å²) in [5.41, 5.74) is 5.29. The fourth-order valence-electron chi connectivity index (χ4n) is 5.15. The first-order valence-electron chi connectivity index (χ1n) is 13.0. The first kappa shape index (κ1) is 26.2. The number of anilines is 1. The first-order valence-corrected chi connectivity index (χ1v) is 13.0. The second-order valence-corrected chi connectivity index (χ2v) is 9.66. The number of nitrogens with zero attached hydrogens (tertiary/aromatic N) is 3. The largest absolute Gasteiger partial charge is 0.493 e. The Morgan fingerprint density at radius 2 is 1.54 bits per heavy atom. The summed E-state index contributed by atoms with van der Waals surface area (Å²) in [6, 6.07) is 21.6. The van der Waals surface area contributed by atoms with Gasteiger partial charge in [0.05, 0.1) is 25.4 Å². The lowest BCUT2D eigenvalue weighted by Gasteiger charge is -2.35. The fourth-order valence-corrected chi connectivity index (χ4v) is 5.15. The predicted octanol–water partition coefficient (Wildman–Crippen LogP) is 5.62. The molecule has 5 rings (SSSR count). The van der Waals surface area contributed by atoms with Gasteiger partial charge in [-0.15, -0.1) is 0 Å². The minimum Gasteiger partial charge on any atom is -0.493 e. The van der Waals surface area contributed by atoms with Gasteiger partial charge in [-0.1, -0.05) is 30.3 Å². The Kier molecular flexibility index (Phi) is 7.45. The number of ketones is 1. The van der Waals surface area contributed by atoms with Crippen molar-refractivity contribution in [2.75, 3.05) is 45.3 Å². The summed E-state index contributed by atoms with van der Waals surface area (Å²) in [6.45, 7) is 6.27. The van der Waals surface area contributed by atoms with E-state index in [0.717, 1.165) is 33.5 Å². The molecule has 0 N–H and O–H groups in total. The molecule has 0 bridgehead atoms. The highest BCUT2D eigenvalue weighted by Crippen LogP contribution is 2.36. The average molecular weight is 528 g/mol. The van der Waals surface area contributed by atoms with Crippen LogP contribution in [0.2, 0.25) is 0 Å². The van der Waals surface area contributed by atoms with Crippen LogP contribution in [-0.4, -0.2) is 61.7 Å². The lowest BCUT2D eigenvalue weighted by Crippen LogP contribution is -2.49. The number of amides is 1. The number of aromatic nitrogens is 1. The Labute approximate surface area is 228 Å². The summed E-state index contributed by atoms with van der Waals surface area (Å²) in [7, 11) is 3.23. The normalized spacial score (nSPS) is 13.4. The highest BCUT2D eigenvalue weighted by Gasteiger charge is 2.24. The van der Waals surface area contributed by atoms with Gasteiger partial charge in [0.2, 0.25) is 0 Å². The van der Waals surface area contributed by atoms with Crippen LogP contribution in [0.4, 0.5) is 10.5 Å². The van der Waals surface area contributed by atoms with Gasteiger partial charge >= 0.3 is 6.09 Å². The molecule has 0 radical (unpaired) electrons. The number of Topliss-reactive ketones (excluding diaryl/α,β-unsaturated/α-hetero) is 1. The smallest absolute Gasteiger partial charge is 0.410 e. The van der Waals surface area contributed by atoms with E-state index in [0.29, 0.717) is 43.2 Å². The van der Waals surface area contributed by atoms with Crippen LogP contribution >= 0.6 is 0 Å². The number of piperazine rings is 1. The van der Waals surface area contributed by atoms with Crippen molar-refractivity contribution in [3.05, 3.63) is 83.6 Å². The van der Waals surface area contributed by atoms with Crippen molar-refractivity contribution < 1.29 is 23.8 Å². The van der Waals surface area contributed by atoms with Crippen molar-refractivity contribution in [3.8, 4) is 17.2 Å². The second kappa shape index (κ2) is 11.1. The van der Waals surface area contributed by atoms with E-state index in [9.17, 15) is 9.59 Å². The Bertz CT molecular complexity index is 1500. The van der Waals surface area contributed by atoms with Crippen LogP contribution in [0, 0.1) is 6.92 Å². The third kappa shape index (κ3) is 5.27. The van der Waals surface area contributed by atoms with Crippen molar-refractivity contribution >= 4 is 28.5 Å². The van der Waals surface area contributed by atoms with Crippen molar-refractivity contribution in [1.29, 1.82) is 0 Å². The van der Waals surface area contributed by atoms with Crippen molar-refractivity contribution in [2.24, 2.45) is 0 Å². The molecule has 8 nitrogen and oxygen atoms in total. The number of aryl methyl sites for hydroxylation is 1. The van der Waals surface area contributed by atoms with Crippen LogP contribution in [0.1, 0.15) is 28.5 Å². The van der Waals surface area contributed by atoms with E-state index in [2.05, 4.69) is 15.5 Å². The molecule has 39 heavy (non-hydrogen) atoms. The number of rotatable bonds is 7. The monoisotopic (exact) mass is 527 g/mol. The number of carbonyl (C=O) groups excluding carboxylic acids is 2. The minimum atomic E-state index is -0.305. The lowest BCUT2D eigenvalue weighted by molar-refractivity contribution is 0.0941. The molecule has 0 spiro atoms. The standard InChI is InChI=1S/C31H33N3O5/c1-21-16-24-17-29(37-3)30(38-4)19-28(24)34(21)27-11-10-25(18-26(27)22(2)35)32-12-14-33(15-13-32)31(36)39-20-23-8-6-5-7-9-23/h5-11,16-19H,12-15,20H2,1-4H3. The molecule has 1 fully saturated rings. The summed E-state index contributed by atoms with van der Waals surface area (Å²) in [5.74, 6) is 1.27. The number of methoxy groups -OCH3 is 2. The maximum Gasteiger partial charge on any atom is 0.410 e. The van der Waals surface area contributed by atoms with Gasteiger partial charge in [-0.3, -0.25) is 4.79 Å². The molecule has 1 saturated heterocycles. The van der Waals surface area contributed by atoms with E-state index in [4.69, 9.17) is 14.2 Å². The van der Waals surface area contributed by atoms with Gasteiger partial charge in [0.1, 0.15) is 6.61 Å². The third-order valence-electron chi connectivity index (χ3n) is 7.20. The molecule has 0 atom stereocenters. The number of carbonyl (C=O) groups is 2. The Balaban J connectivity index is 1.35. The average Bonchev–Trinajstić information content (AvgIpc) is 3.29. The van der Waals surface area contributed by atoms with Crippen LogP contribution in [-0.2, 0) is 11.3 Å². The molecular weight excluding hydrogens is 494 g/mol. The summed E-state index contributed by atoms with van der Waals surface area (Å²) < 4.78 is 18.6. The van der Waals surface area contributed by atoms with E-state index in [1.54, 1.807) is 26.0 Å². The van der Waals surface area contributed by atoms with E-state index >= 15 is 0 Å². The Morgan fingerprint density at radius 3 is 2.21 bits per heavy atom. The fraction of sp³-hybridized carbons (Fsp3) is 0.290. The van der Waals surface area contributed by atoms with E-state index in [1.165, 1.54) is 0 Å². The van der Waals surface area contributed by atoms with Gasteiger partial charge in [-0.25, -0.2) is 4.79 Å². The number of hydrogen-bond donors (Lipinski definition) is 0. The van der Waals surface area contributed by atoms with E-state index < -0.39 is 0 Å². The molecule has 2 heterocycles. The Morgan fingerprint density at radius 1 is 0.846 bits per heavy atom. The van der Waals surface area contributed by atoms with Crippen molar-refractivity contribution in [3.63, 3.8) is 0 Å². The Hall–Kier alpha value is -4.46. The lowest BCUT2D eigenvalue weighted by atomic mass is 10.1. The third-order valence-corrected chi connectivity index (χ3v) is 7.20. The zero-order valence-corrected chi connectivity index (χ0v) is 22.8. The molecule has 0 unspecified atom stereocenters. The SMILES string of the molecule is COc1cc2cc(C)n(-c3ccc(N4CCN(C(=O)OCc5ccccc5)CC4)cc3C(C)=O)c2cc1OC. The summed E-state index contributed by atoms with van der Waals surface area (Å²) in [6.07, 6.45) is -0.305. The summed E-state index contributed by atoms with van der Waals surface area (Å²) >= 11 is 0. The van der Waals surface area contributed by atoms with Gasteiger partial charge in [0, 0.05) is 54.6 Å². The second-order valence-electron chi connectivity index (χ2n) is 9.66. The zero-order valence-electron chi connectivity index (χ0n) is 22.8. The zero-order chi connectivity index (χ0) is 27.5. The molecular formula is C31H33N3O5. The molecule has 202 valence electrons. The molecule has 1 aliphatic heterocycles. The number of hydrogen-bond acceptors (Lipinski definition) is 6. The summed E-state index contributed by atoms with van der Waals surface area (Å²) in [4.78, 5) is 29.4. The molecule has 4 aromatic rings. The van der Waals surface area contributed by atoms with E-state index in [1.807, 2.05) is 67.6 Å². The van der Waals surface area contributed by atoms with Crippen LogP contribution < -0.4 is 14.4 Å². The van der Waals surface area contributed by atoms with Crippen molar-refractivity contribution in [2.45, 2.75) is 20.5 Å². The van der Waals surface area contributed by atoms with Crippen LogP contribution in [0.5, 0.6) is 11.5 Å². The quantitative estimate of drug-likeness (QED) is 0.291. The van der Waals surface area contributed by atoms with Gasteiger partial charge in [-0.05, 0) is 49.7 Å². The molecule has 1 aromatic heterocycles. The topological polar surface area (TPSA) is 73.2 Å².